The predicted molar refractivity (Wildman–Crippen MR) is 102 cm³/mol. The maximum atomic E-state index is 12.2. The van der Waals surface area contributed by atoms with Crippen LogP contribution in [0, 0.1) is 0 Å². The van der Waals surface area contributed by atoms with E-state index in [9.17, 15) is 9.59 Å². The van der Waals surface area contributed by atoms with Crippen molar-refractivity contribution >= 4 is 11.9 Å². The summed E-state index contributed by atoms with van der Waals surface area (Å²) in [5.74, 6) is 0.702. The fourth-order valence-electron chi connectivity index (χ4n) is 2.52. The Hall–Kier alpha value is -3.02. The molecule has 2 rings (SSSR count). The van der Waals surface area contributed by atoms with Crippen LogP contribution in [0.4, 0.5) is 0 Å². The zero-order chi connectivity index (χ0) is 19.6. The summed E-state index contributed by atoms with van der Waals surface area (Å²) in [4.78, 5) is 24.1. The van der Waals surface area contributed by atoms with E-state index < -0.39 is 12.1 Å². The molecule has 1 atom stereocenters. The molecule has 0 fully saturated rings. The van der Waals surface area contributed by atoms with Gasteiger partial charge in [-0.3, -0.25) is 9.59 Å². The van der Waals surface area contributed by atoms with E-state index in [0.29, 0.717) is 18.7 Å². The number of hydrogen-bond donors (Lipinski definition) is 1. The number of nitrogens with one attached hydrogen (secondary N) is 1. The van der Waals surface area contributed by atoms with E-state index >= 15 is 0 Å². The fourth-order valence-corrected chi connectivity index (χ4v) is 2.52. The Balaban J connectivity index is 1.76. The highest BCUT2D eigenvalue weighted by atomic mass is 16.5. The smallest absolute Gasteiger partial charge is 0.306 e. The Labute approximate surface area is 159 Å². The average Bonchev–Trinajstić information content (AvgIpc) is 2.70. The molecule has 0 bridgehead atoms. The maximum Gasteiger partial charge on any atom is 0.306 e. The van der Waals surface area contributed by atoms with Crippen molar-refractivity contribution < 1.29 is 23.8 Å². The van der Waals surface area contributed by atoms with Crippen LogP contribution in [0.25, 0.3) is 0 Å². The Morgan fingerprint density at radius 2 is 1.70 bits per heavy atom. The zero-order valence-electron chi connectivity index (χ0n) is 15.9. The highest BCUT2D eigenvalue weighted by molar-refractivity contribution is 5.83. The molecule has 0 saturated carbocycles. The monoisotopic (exact) mass is 371 g/mol. The average molecular weight is 371 g/mol. The molecule has 144 valence electrons. The largest absolute Gasteiger partial charge is 0.497 e. The minimum atomic E-state index is -0.858. The van der Waals surface area contributed by atoms with Gasteiger partial charge in [0.15, 0.2) is 6.10 Å². The number of para-hydroxylation sites is 1. The van der Waals surface area contributed by atoms with E-state index in [1.807, 2.05) is 48.5 Å². The van der Waals surface area contributed by atoms with E-state index in [4.69, 9.17) is 14.2 Å². The molecule has 2 aromatic rings. The number of amides is 1. The fraction of sp³-hybridized carbons (Fsp3) is 0.333. The Morgan fingerprint density at radius 1 is 1.00 bits per heavy atom. The number of carbonyl (C=O) groups is 2. The van der Waals surface area contributed by atoms with Crippen LogP contribution in [0.5, 0.6) is 11.5 Å². The van der Waals surface area contributed by atoms with Gasteiger partial charge in [-0.05, 0) is 37.1 Å². The first kappa shape index (κ1) is 20.3. The molecule has 6 nitrogen and oxygen atoms in total. The number of rotatable bonds is 9. The van der Waals surface area contributed by atoms with E-state index in [2.05, 4.69) is 5.32 Å². The number of carbonyl (C=O) groups excluding carboxylic acids is 2. The third-order valence-corrected chi connectivity index (χ3v) is 4.10. The van der Waals surface area contributed by atoms with Gasteiger partial charge in [-0.2, -0.15) is 0 Å². The lowest BCUT2D eigenvalue weighted by molar-refractivity contribution is -0.154. The number of aryl methyl sites for hydroxylation is 1. The lowest BCUT2D eigenvalue weighted by atomic mass is 10.1. The molecule has 1 amide bonds. The van der Waals surface area contributed by atoms with Crippen LogP contribution < -0.4 is 14.8 Å². The van der Waals surface area contributed by atoms with Crippen LogP contribution in [0.2, 0.25) is 0 Å². The van der Waals surface area contributed by atoms with E-state index in [1.165, 1.54) is 0 Å². The Kier molecular flexibility index (Phi) is 7.67. The highest BCUT2D eigenvalue weighted by Gasteiger charge is 2.18. The maximum absolute atomic E-state index is 12.2. The molecule has 2 aromatic carbocycles. The molecule has 27 heavy (non-hydrogen) atoms. The molecule has 0 radical (unpaired) electrons. The number of hydrogen-bond acceptors (Lipinski definition) is 5. The number of ether oxygens (including phenoxy) is 3. The van der Waals surface area contributed by atoms with Gasteiger partial charge in [-0.15, -0.1) is 0 Å². The number of methoxy groups -OCH3 is 2. The van der Waals surface area contributed by atoms with Gasteiger partial charge in [0.05, 0.1) is 14.2 Å². The first-order valence-electron chi connectivity index (χ1n) is 8.75. The molecule has 1 unspecified atom stereocenters. The van der Waals surface area contributed by atoms with Gasteiger partial charge in [0.25, 0.3) is 5.91 Å². The van der Waals surface area contributed by atoms with Crippen LogP contribution in [-0.4, -0.2) is 32.2 Å². The van der Waals surface area contributed by atoms with Crippen LogP contribution in [0.1, 0.15) is 24.5 Å². The molecule has 0 heterocycles. The van der Waals surface area contributed by atoms with Crippen molar-refractivity contribution in [3.8, 4) is 11.5 Å². The normalized spacial score (nSPS) is 11.4. The summed E-state index contributed by atoms with van der Waals surface area (Å²) in [6.45, 7) is 1.86. The lowest BCUT2D eigenvalue weighted by Gasteiger charge is -2.14. The van der Waals surface area contributed by atoms with Crippen molar-refractivity contribution in [3.63, 3.8) is 0 Å². The molecule has 6 heteroatoms. The molecule has 0 aliphatic carbocycles. The summed E-state index contributed by atoms with van der Waals surface area (Å²) in [6, 6.07) is 14.9. The van der Waals surface area contributed by atoms with Crippen LogP contribution in [-0.2, 0) is 27.3 Å². The number of esters is 1. The van der Waals surface area contributed by atoms with Crippen molar-refractivity contribution in [3.05, 3.63) is 59.7 Å². The van der Waals surface area contributed by atoms with E-state index in [-0.39, 0.29) is 12.3 Å². The lowest BCUT2D eigenvalue weighted by Crippen LogP contribution is -2.35. The van der Waals surface area contributed by atoms with Gasteiger partial charge >= 0.3 is 5.97 Å². The van der Waals surface area contributed by atoms with E-state index in [1.54, 1.807) is 21.1 Å². The quantitative estimate of drug-likeness (QED) is 0.686. The minimum Gasteiger partial charge on any atom is -0.497 e. The molecule has 0 aromatic heterocycles. The van der Waals surface area contributed by atoms with Crippen LogP contribution in [0.3, 0.4) is 0 Å². The topological polar surface area (TPSA) is 73.9 Å². The van der Waals surface area contributed by atoms with Gasteiger partial charge in [-0.1, -0.05) is 30.3 Å². The summed E-state index contributed by atoms with van der Waals surface area (Å²) >= 11 is 0. The van der Waals surface area contributed by atoms with Gasteiger partial charge in [-0.25, -0.2) is 0 Å². The summed E-state index contributed by atoms with van der Waals surface area (Å²) in [7, 11) is 3.18. The van der Waals surface area contributed by atoms with Crippen molar-refractivity contribution in [2.75, 3.05) is 14.2 Å². The van der Waals surface area contributed by atoms with Crippen molar-refractivity contribution in [2.24, 2.45) is 0 Å². The van der Waals surface area contributed by atoms with Gasteiger partial charge in [0, 0.05) is 18.5 Å². The first-order chi connectivity index (χ1) is 13.0. The minimum absolute atomic E-state index is 0.205. The van der Waals surface area contributed by atoms with Crippen LogP contribution in [0.15, 0.2) is 48.5 Å². The summed E-state index contributed by atoms with van der Waals surface area (Å²) in [5.41, 5.74) is 1.85. The van der Waals surface area contributed by atoms with Crippen LogP contribution >= 0.6 is 0 Å². The summed E-state index contributed by atoms with van der Waals surface area (Å²) < 4.78 is 15.6. The SMILES string of the molecule is COc1ccc(CCC(=O)OC(C)C(=O)NCc2ccccc2OC)cc1. The molecule has 0 aliphatic heterocycles. The Morgan fingerprint density at radius 3 is 2.37 bits per heavy atom. The van der Waals surface area contributed by atoms with E-state index in [0.717, 1.165) is 16.9 Å². The van der Waals surface area contributed by atoms with Gasteiger partial charge in [0.2, 0.25) is 0 Å². The number of benzene rings is 2. The standard InChI is InChI=1S/C21H25NO5/c1-15(21(24)22-14-17-6-4-5-7-19(17)26-3)27-20(23)13-10-16-8-11-18(25-2)12-9-16/h4-9,11-12,15H,10,13-14H2,1-3H3,(H,22,24). The van der Waals surface area contributed by atoms with Crippen molar-refractivity contribution in [1.82, 2.24) is 5.32 Å². The highest BCUT2D eigenvalue weighted by Crippen LogP contribution is 2.17. The molecule has 0 spiro atoms. The second-order valence-electron chi connectivity index (χ2n) is 6.01. The summed E-state index contributed by atoms with van der Waals surface area (Å²) in [5, 5.41) is 2.76. The van der Waals surface area contributed by atoms with Crippen molar-refractivity contribution in [1.29, 1.82) is 0 Å². The second kappa shape index (κ2) is 10.2. The zero-order valence-corrected chi connectivity index (χ0v) is 15.9. The molecular weight excluding hydrogens is 346 g/mol. The molecule has 0 aliphatic rings. The van der Waals surface area contributed by atoms with Gasteiger partial charge < -0.3 is 19.5 Å². The first-order valence-corrected chi connectivity index (χ1v) is 8.75. The molecular formula is C21H25NO5. The summed E-state index contributed by atoms with van der Waals surface area (Å²) in [6.07, 6.45) is -0.113. The second-order valence-corrected chi connectivity index (χ2v) is 6.01. The van der Waals surface area contributed by atoms with Gasteiger partial charge in [0.1, 0.15) is 11.5 Å². The predicted octanol–water partition coefficient (Wildman–Crippen LogP) is 2.88. The van der Waals surface area contributed by atoms with Crippen molar-refractivity contribution in [2.45, 2.75) is 32.4 Å². The molecule has 0 saturated heterocycles. The third-order valence-electron chi connectivity index (χ3n) is 4.10. The Bertz CT molecular complexity index is 757. The third kappa shape index (κ3) is 6.33. The molecule has 1 N–H and O–H groups in total.